The summed E-state index contributed by atoms with van der Waals surface area (Å²) in [7, 11) is -3.12. The van der Waals surface area contributed by atoms with Crippen molar-refractivity contribution in [2.45, 2.75) is 12.7 Å². The smallest absolute Gasteiger partial charge is 0.227 e. The molecule has 4 aromatic rings. The molecule has 3 N–H and O–H groups in total. The van der Waals surface area contributed by atoms with Crippen LogP contribution in [-0.4, -0.2) is 24.6 Å². The lowest BCUT2D eigenvalue weighted by atomic mass is 9.96. The van der Waals surface area contributed by atoms with Gasteiger partial charge in [-0.15, -0.1) is 0 Å². The zero-order valence-electron chi connectivity index (χ0n) is 17.9. The predicted octanol–water partition coefficient (Wildman–Crippen LogP) is 4.49. The van der Waals surface area contributed by atoms with E-state index in [4.69, 9.17) is 5.73 Å². The summed E-state index contributed by atoms with van der Waals surface area (Å²) in [5.41, 5.74) is 9.80. The number of benzene rings is 3. The largest absolute Gasteiger partial charge is 0.396 e. The zero-order valence-corrected chi connectivity index (χ0v) is 18.7. The fourth-order valence-electron chi connectivity index (χ4n) is 3.53. The number of nitriles is 1. The van der Waals surface area contributed by atoms with Crippen LogP contribution in [0.2, 0.25) is 0 Å². The zero-order chi connectivity index (χ0) is 23.8. The highest BCUT2D eigenvalue weighted by Crippen LogP contribution is 2.34. The van der Waals surface area contributed by atoms with Crippen LogP contribution in [0.3, 0.4) is 0 Å². The van der Waals surface area contributed by atoms with E-state index < -0.39 is 15.7 Å². The number of hydrogen-bond acceptors (Lipinski definition) is 7. The predicted molar refractivity (Wildman–Crippen MR) is 127 cm³/mol. The molecule has 7 nitrogen and oxygen atoms in total. The van der Waals surface area contributed by atoms with Gasteiger partial charge in [0.05, 0.1) is 28.6 Å². The molecule has 0 aliphatic heterocycles. The number of rotatable bonds is 5. The number of nitrogens with zero attached hydrogens (tertiary/aromatic N) is 3. The molecule has 33 heavy (non-hydrogen) atoms. The third kappa shape index (κ3) is 4.76. The second-order valence-corrected chi connectivity index (χ2v) is 9.95. The second kappa shape index (κ2) is 8.48. The molecule has 3 aromatic carbocycles. The Morgan fingerprint density at radius 1 is 1.12 bits per heavy atom. The Morgan fingerprint density at radius 3 is 2.52 bits per heavy atom. The average Bonchev–Trinajstić information content (AvgIpc) is 2.77. The number of halogens is 1. The number of hydrogen-bond donors (Lipinski definition) is 2. The third-order valence-electron chi connectivity index (χ3n) is 5.16. The first-order chi connectivity index (χ1) is 15.6. The highest BCUT2D eigenvalue weighted by atomic mass is 32.2. The van der Waals surface area contributed by atoms with Crippen LogP contribution >= 0.6 is 0 Å². The number of sulfone groups is 1. The van der Waals surface area contributed by atoms with Crippen LogP contribution in [0.5, 0.6) is 0 Å². The molecule has 0 saturated carbocycles. The molecular formula is C24H20FN5O2S. The van der Waals surface area contributed by atoms with Crippen LogP contribution < -0.4 is 11.1 Å². The van der Waals surface area contributed by atoms with Gasteiger partial charge in [0, 0.05) is 29.1 Å². The molecule has 0 radical (unpaired) electrons. The fourth-order valence-corrected chi connectivity index (χ4v) is 4.33. The number of aryl methyl sites for hydroxylation is 1. The summed E-state index contributed by atoms with van der Waals surface area (Å²) in [6.45, 7) is 1.83. The Kier molecular flexibility index (Phi) is 5.70. The van der Waals surface area contributed by atoms with E-state index in [-0.39, 0.29) is 23.0 Å². The van der Waals surface area contributed by atoms with Gasteiger partial charge in [0.25, 0.3) is 0 Å². The average molecular weight is 462 g/mol. The Morgan fingerprint density at radius 2 is 1.85 bits per heavy atom. The van der Waals surface area contributed by atoms with Crippen molar-refractivity contribution in [1.82, 2.24) is 9.97 Å². The summed E-state index contributed by atoms with van der Waals surface area (Å²) in [6, 6.07) is 15.6. The number of aromatic nitrogens is 2. The van der Waals surface area contributed by atoms with E-state index in [1.54, 1.807) is 48.5 Å². The highest BCUT2D eigenvalue weighted by molar-refractivity contribution is 7.89. The van der Waals surface area contributed by atoms with Crippen molar-refractivity contribution in [2.24, 2.45) is 0 Å². The number of anilines is 3. The van der Waals surface area contributed by atoms with Gasteiger partial charge >= 0.3 is 0 Å². The molecule has 0 fully saturated rings. The van der Waals surface area contributed by atoms with Gasteiger partial charge in [-0.05, 0) is 53.9 Å². The molecule has 9 heteroatoms. The van der Waals surface area contributed by atoms with Crippen molar-refractivity contribution in [3.05, 3.63) is 77.2 Å². The minimum atomic E-state index is -3.12. The number of nitrogens with one attached hydrogen (secondary N) is 1. The quantitative estimate of drug-likeness (QED) is 0.420. The summed E-state index contributed by atoms with van der Waals surface area (Å²) < 4.78 is 38.0. The maximum atomic E-state index is 15.1. The summed E-state index contributed by atoms with van der Waals surface area (Å²) >= 11 is 0. The van der Waals surface area contributed by atoms with Crippen molar-refractivity contribution in [2.75, 3.05) is 17.3 Å². The summed E-state index contributed by atoms with van der Waals surface area (Å²) in [5.74, 6) is -0.357. The van der Waals surface area contributed by atoms with E-state index in [9.17, 15) is 13.7 Å². The van der Waals surface area contributed by atoms with Gasteiger partial charge in [-0.3, -0.25) is 0 Å². The Hall–Kier alpha value is -4.03. The molecule has 1 heterocycles. The van der Waals surface area contributed by atoms with Crippen molar-refractivity contribution >= 4 is 38.1 Å². The van der Waals surface area contributed by atoms with Gasteiger partial charge in [0.15, 0.2) is 15.7 Å². The minimum absolute atomic E-state index is 0.0419. The van der Waals surface area contributed by atoms with Gasteiger partial charge in [-0.1, -0.05) is 18.2 Å². The Balaban J connectivity index is 1.72. The lowest BCUT2D eigenvalue weighted by Gasteiger charge is -2.13. The van der Waals surface area contributed by atoms with E-state index in [0.29, 0.717) is 33.3 Å². The molecular weight excluding hydrogens is 441 g/mol. The lowest BCUT2D eigenvalue weighted by molar-refractivity contribution is 0.601. The van der Waals surface area contributed by atoms with Crippen LogP contribution in [0.1, 0.15) is 16.7 Å². The van der Waals surface area contributed by atoms with Crippen molar-refractivity contribution in [1.29, 1.82) is 5.26 Å². The van der Waals surface area contributed by atoms with Gasteiger partial charge < -0.3 is 11.1 Å². The van der Waals surface area contributed by atoms with Crippen LogP contribution in [0, 0.1) is 24.1 Å². The van der Waals surface area contributed by atoms with Gasteiger partial charge in [0.2, 0.25) is 5.95 Å². The van der Waals surface area contributed by atoms with Crippen LogP contribution in [0.15, 0.2) is 54.7 Å². The van der Waals surface area contributed by atoms with E-state index in [0.717, 1.165) is 5.56 Å². The van der Waals surface area contributed by atoms with Crippen molar-refractivity contribution in [3.63, 3.8) is 0 Å². The van der Waals surface area contributed by atoms with E-state index in [1.807, 2.05) is 6.92 Å². The van der Waals surface area contributed by atoms with E-state index in [1.165, 1.54) is 12.5 Å². The monoisotopic (exact) mass is 461 g/mol. The molecule has 0 spiro atoms. The molecule has 0 unspecified atom stereocenters. The normalized spacial score (nSPS) is 11.3. The molecule has 4 rings (SSSR count). The molecule has 0 aliphatic carbocycles. The summed E-state index contributed by atoms with van der Waals surface area (Å²) in [5, 5.41) is 12.7. The van der Waals surface area contributed by atoms with Crippen molar-refractivity contribution in [3.8, 4) is 17.2 Å². The number of fused-ring (bicyclic) bond motifs is 1. The number of nitrogens with two attached hydrogens (primary N) is 1. The van der Waals surface area contributed by atoms with Crippen LogP contribution in [0.4, 0.5) is 21.7 Å². The molecule has 1 aromatic heterocycles. The molecule has 0 aliphatic rings. The second-order valence-electron chi connectivity index (χ2n) is 7.81. The third-order valence-corrected chi connectivity index (χ3v) is 6.02. The Labute approximate surface area is 190 Å². The molecule has 0 atom stereocenters. The molecule has 0 saturated heterocycles. The standard InChI is InChI=1S/C24H20FN5O2S/c1-14-3-4-16(11-26)9-18(14)19-10-21-20(23(27)22(19)25)12-28-24(30-21)29-17-7-5-15(6-8-17)13-33(2,31)32/h3-10,12H,13,27H2,1-2H3,(H,28,29,30). The maximum absolute atomic E-state index is 15.1. The SMILES string of the molecule is Cc1ccc(C#N)cc1-c1cc2nc(Nc3ccc(CS(C)(=O)=O)cc3)ncc2c(N)c1F. The fraction of sp³-hybridized carbons (Fsp3) is 0.125. The first-order valence-electron chi connectivity index (χ1n) is 9.94. The number of nitrogen functional groups attached to an aromatic ring is 1. The van der Waals surface area contributed by atoms with Gasteiger partial charge in [0.1, 0.15) is 0 Å². The minimum Gasteiger partial charge on any atom is -0.396 e. The molecule has 0 amide bonds. The van der Waals surface area contributed by atoms with Crippen LogP contribution in [0.25, 0.3) is 22.0 Å². The topological polar surface area (TPSA) is 122 Å². The summed E-state index contributed by atoms with van der Waals surface area (Å²) in [4.78, 5) is 8.71. The highest BCUT2D eigenvalue weighted by Gasteiger charge is 2.16. The molecule has 0 bridgehead atoms. The lowest BCUT2D eigenvalue weighted by Crippen LogP contribution is -2.02. The van der Waals surface area contributed by atoms with Crippen molar-refractivity contribution < 1.29 is 12.8 Å². The molecule has 166 valence electrons. The van der Waals surface area contributed by atoms with E-state index >= 15 is 4.39 Å². The van der Waals surface area contributed by atoms with Gasteiger partial charge in [-0.25, -0.2) is 22.8 Å². The first kappa shape index (κ1) is 22.2. The van der Waals surface area contributed by atoms with Crippen LogP contribution in [-0.2, 0) is 15.6 Å². The van der Waals surface area contributed by atoms with Gasteiger partial charge in [-0.2, -0.15) is 5.26 Å². The summed E-state index contributed by atoms with van der Waals surface area (Å²) in [6.07, 6.45) is 2.63. The van der Waals surface area contributed by atoms with E-state index in [2.05, 4.69) is 21.4 Å². The Bertz CT molecular complexity index is 1530. The maximum Gasteiger partial charge on any atom is 0.227 e. The first-order valence-corrected chi connectivity index (χ1v) is 12.0.